The zero-order valence-electron chi connectivity index (χ0n) is 20.7. The lowest BCUT2D eigenvalue weighted by molar-refractivity contribution is -0.139. The summed E-state index contributed by atoms with van der Waals surface area (Å²) in [5, 5.41) is 0.799. The minimum absolute atomic E-state index is 0.191. The Labute approximate surface area is 231 Å². The smallest absolute Gasteiger partial charge is 0.338 e. The summed E-state index contributed by atoms with van der Waals surface area (Å²) in [6, 6.07) is 15.3. The summed E-state index contributed by atoms with van der Waals surface area (Å²) in [6.07, 6.45) is 1.65. The molecular formula is C28H22Cl2N2O5S. The molecule has 0 unspecified atom stereocenters. The third-order valence-electron chi connectivity index (χ3n) is 6.07. The highest BCUT2D eigenvalue weighted by Gasteiger charge is 2.35. The Morgan fingerprint density at radius 3 is 2.71 bits per heavy atom. The van der Waals surface area contributed by atoms with Crippen LogP contribution < -0.4 is 19.6 Å². The van der Waals surface area contributed by atoms with Gasteiger partial charge in [0.05, 0.1) is 39.6 Å². The Bertz CT molecular complexity index is 1770. The van der Waals surface area contributed by atoms with E-state index in [0.29, 0.717) is 53.5 Å². The van der Waals surface area contributed by atoms with E-state index in [1.165, 1.54) is 15.9 Å². The number of carbonyl (C=O) groups excluding carboxylic acids is 1. The molecular weight excluding hydrogens is 547 g/mol. The van der Waals surface area contributed by atoms with Gasteiger partial charge in [0.1, 0.15) is 23.3 Å². The summed E-state index contributed by atoms with van der Waals surface area (Å²) in [4.78, 5) is 31.9. The molecule has 3 heterocycles. The number of methoxy groups -OCH3 is 1. The maximum Gasteiger partial charge on any atom is 0.338 e. The van der Waals surface area contributed by atoms with Crippen LogP contribution >= 0.6 is 34.5 Å². The number of benzene rings is 2. The van der Waals surface area contributed by atoms with Crippen molar-refractivity contribution < 1.29 is 18.7 Å². The van der Waals surface area contributed by atoms with Gasteiger partial charge in [-0.05, 0) is 44.2 Å². The fourth-order valence-corrected chi connectivity index (χ4v) is 5.80. The lowest BCUT2D eigenvalue weighted by Gasteiger charge is -2.25. The van der Waals surface area contributed by atoms with Gasteiger partial charge in [-0.3, -0.25) is 9.36 Å². The van der Waals surface area contributed by atoms with Gasteiger partial charge in [0.25, 0.3) is 5.56 Å². The number of furan rings is 1. The van der Waals surface area contributed by atoms with Gasteiger partial charge in [-0.2, -0.15) is 0 Å². The SMILES string of the molecule is CCOC(=O)C1=C(C)N=c2s/c(=C\c3ccc(-c4cccc(Cl)c4Cl)o3)c(=O)n2[C@H]1c1ccccc1OC. The number of esters is 1. The van der Waals surface area contributed by atoms with E-state index in [4.69, 9.17) is 37.1 Å². The van der Waals surface area contributed by atoms with Crippen LogP contribution in [-0.4, -0.2) is 24.3 Å². The maximum absolute atomic E-state index is 13.8. The predicted molar refractivity (Wildman–Crippen MR) is 148 cm³/mol. The van der Waals surface area contributed by atoms with Crippen LogP contribution in [0.3, 0.4) is 0 Å². The Hall–Kier alpha value is -3.59. The highest BCUT2D eigenvalue weighted by atomic mass is 35.5. The monoisotopic (exact) mass is 568 g/mol. The summed E-state index contributed by atoms with van der Waals surface area (Å²) >= 11 is 13.7. The molecule has 0 fully saturated rings. The van der Waals surface area contributed by atoms with E-state index in [2.05, 4.69) is 4.99 Å². The van der Waals surface area contributed by atoms with E-state index in [1.807, 2.05) is 18.2 Å². The number of halogens is 2. The minimum Gasteiger partial charge on any atom is -0.496 e. The topological polar surface area (TPSA) is 83.0 Å². The fraction of sp³-hybridized carbons (Fsp3) is 0.179. The van der Waals surface area contributed by atoms with Crippen molar-refractivity contribution >= 4 is 46.6 Å². The highest BCUT2D eigenvalue weighted by Crippen LogP contribution is 2.36. The number of rotatable bonds is 6. The summed E-state index contributed by atoms with van der Waals surface area (Å²) in [7, 11) is 1.55. The molecule has 0 bridgehead atoms. The lowest BCUT2D eigenvalue weighted by atomic mass is 9.95. The van der Waals surface area contributed by atoms with Crippen LogP contribution in [0.2, 0.25) is 10.0 Å². The molecule has 5 rings (SSSR count). The average molecular weight is 569 g/mol. The van der Waals surface area contributed by atoms with E-state index >= 15 is 0 Å². The average Bonchev–Trinajstić information content (AvgIpc) is 3.49. The van der Waals surface area contributed by atoms with Gasteiger partial charge in [-0.25, -0.2) is 9.79 Å². The highest BCUT2D eigenvalue weighted by molar-refractivity contribution is 7.07. The second-order valence-electron chi connectivity index (χ2n) is 8.35. The number of aromatic nitrogens is 1. The quantitative estimate of drug-likeness (QED) is 0.292. The predicted octanol–water partition coefficient (Wildman–Crippen LogP) is 5.37. The summed E-state index contributed by atoms with van der Waals surface area (Å²) < 4.78 is 18.8. The molecule has 2 aromatic heterocycles. The summed E-state index contributed by atoms with van der Waals surface area (Å²) in [5.74, 6) is 0.978. The first-order chi connectivity index (χ1) is 18.3. The fourth-order valence-electron chi connectivity index (χ4n) is 4.38. The normalized spacial score (nSPS) is 15.3. The van der Waals surface area contributed by atoms with Gasteiger partial charge in [-0.15, -0.1) is 0 Å². The number of carbonyl (C=O) groups is 1. The van der Waals surface area contributed by atoms with Crippen molar-refractivity contribution in [1.82, 2.24) is 4.57 Å². The van der Waals surface area contributed by atoms with Gasteiger partial charge >= 0.3 is 5.97 Å². The first-order valence-corrected chi connectivity index (χ1v) is 13.3. The number of hydrogen-bond acceptors (Lipinski definition) is 7. The third-order valence-corrected chi connectivity index (χ3v) is 7.87. The van der Waals surface area contributed by atoms with E-state index in [-0.39, 0.29) is 17.7 Å². The molecule has 0 radical (unpaired) electrons. The molecule has 0 N–H and O–H groups in total. The molecule has 10 heteroatoms. The number of para-hydroxylation sites is 1. The third kappa shape index (κ3) is 4.60. The number of allylic oxidation sites excluding steroid dienone is 1. The van der Waals surface area contributed by atoms with E-state index in [1.54, 1.807) is 63.4 Å². The molecule has 194 valence electrons. The zero-order chi connectivity index (χ0) is 27.0. The molecule has 4 aromatic rings. The van der Waals surface area contributed by atoms with Crippen LogP contribution in [0.15, 0.2) is 80.1 Å². The zero-order valence-corrected chi connectivity index (χ0v) is 23.0. The van der Waals surface area contributed by atoms with E-state index in [9.17, 15) is 9.59 Å². The van der Waals surface area contributed by atoms with E-state index < -0.39 is 12.0 Å². The standard InChI is InChI=1S/C28H22Cl2N2O5S/c1-4-36-27(34)23-15(2)31-28-32(25(23)18-8-5-6-11-20(18)35-3)26(33)22(38-28)14-16-12-13-21(37-16)17-9-7-10-19(29)24(17)30/h5-14,25H,4H2,1-3H3/b22-14-/t25-/m0/s1. The molecule has 0 saturated heterocycles. The van der Waals surface area contributed by atoms with Gasteiger partial charge in [0.15, 0.2) is 4.80 Å². The van der Waals surface area contributed by atoms with Crippen LogP contribution in [0.25, 0.3) is 17.4 Å². The Balaban J connectivity index is 1.67. The second-order valence-corrected chi connectivity index (χ2v) is 10.1. The number of thiazole rings is 1. The molecule has 0 saturated carbocycles. The number of nitrogens with zero attached hydrogens (tertiary/aromatic N) is 2. The van der Waals surface area contributed by atoms with Crippen molar-refractivity contribution in [2.24, 2.45) is 4.99 Å². The van der Waals surface area contributed by atoms with Crippen molar-refractivity contribution in [3.63, 3.8) is 0 Å². The summed E-state index contributed by atoms with van der Waals surface area (Å²) in [6.45, 7) is 3.66. The van der Waals surface area contributed by atoms with Crippen molar-refractivity contribution in [2.75, 3.05) is 13.7 Å². The van der Waals surface area contributed by atoms with Crippen molar-refractivity contribution in [3.05, 3.63) is 107 Å². The minimum atomic E-state index is -0.777. The largest absolute Gasteiger partial charge is 0.496 e. The maximum atomic E-state index is 13.8. The number of hydrogen-bond donors (Lipinski definition) is 0. The van der Waals surface area contributed by atoms with Crippen molar-refractivity contribution in [1.29, 1.82) is 0 Å². The first kappa shape index (κ1) is 26.0. The van der Waals surface area contributed by atoms with Crippen LogP contribution in [0.1, 0.15) is 31.2 Å². The van der Waals surface area contributed by atoms with Crippen LogP contribution in [-0.2, 0) is 9.53 Å². The summed E-state index contributed by atoms with van der Waals surface area (Å²) in [5.41, 5.74) is 1.73. The molecule has 2 aromatic carbocycles. The molecule has 1 aliphatic heterocycles. The van der Waals surface area contributed by atoms with Crippen LogP contribution in [0, 0.1) is 0 Å². The Morgan fingerprint density at radius 2 is 1.95 bits per heavy atom. The van der Waals surface area contributed by atoms with Crippen molar-refractivity contribution in [3.8, 4) is 17.1 Å². The van der Waals surface area contributed by atoms with Gasteiger partial charge < -0.3 is 13.9 Å². The van der Waals surface area contributed by atoms with Crippen LogP contribution in [0.4, 0.5) is 0 Å². The second kappa shape index (κ2) is 10.6. The molecule has 7 nitrogen and oxygen atoms in total. The molecule has 38 heavy (non-hydrogen) atoms. The Morgan fingerprint density at radius 1 is 1.16 bits per heavy atom. The number of ether oxygens (including phenoxy) is 2. The molecule has 0 spiro atoms. The van der Waals surface area contributed by atoms with Gasteiger partial charge in [0.2, 0.25) is 0 Å². The first-order valence-electron chi connectivity index (χ1n) is 11.7. The van der Waals surface area contributed by atoms with Gasteiger partial charge in [-0.1, -0.05) is 58.8 Å². The number of fused-ring (bicyclic) bond motifs is 1. The molecule has 1 atom stereocenters. The van der Waals surface area contributed by atoms with E-state index in [0.717, 1.165) is 0 Å². The van der Waals surface area contributed by atoms with Gasteiger partial charge in [0, 0.05) is 17.2 Å². The molecule has 0 aliphatic carbocycles. The molecule has 0 amide bonds. The lowest BCUT2D eigenvalue weighted by Crippen LogP contribution is -2.40. The molecule has 1 aliphatic rings. The van der Waals surface area contributed by atoms with Crippen molar-refractivity contribution in [2.45, 2.75) is 19.9 Å². The van der Waals surface area contributed by atoms with Crippen LogP contribution in [0.5, 0.6) is 5.75 Å². The Kier molecular flexibility index (Phi) is 7.29.